The van der Waals surface area contributed by atoms with E-state index in [1.807, 2.05) is 12.1 Å². The molecule has 4 bridgehead atoms. The number of ether oxygens (including phenoxy) is 4. The predicted octanol–water partition coefficient (Wildman–Crippen LogP) is 3.13. The molecule has 12 heteroatoms. The third kappa shape index (κ3) is 7.44. The van der Waals surface area contributed by atoms with Crippen LogP contribution in [0.15, 0.2) is 54.6 Å². The number of rotatable bonds is 3. The first-order valence-corrected chi connectivity index (χ1v) is 14.5. The van der Waals surface area contributed by atoms with Crippen LogP contribution in [0.25, 0.3) is 0 Å². The molecule has 3 aliphatic rings. The van der Waals surface area contributed by atoms with Crippen LogP contribution in [0.4, 0.5) is 4.39 Å². The normalized spacial score (nSPS) is 18.8. The van der Waals surface area contributed by atoms with Crippen molar-refractivity contribution in [2.24, 2.45) is 0 Å². The van der Waals surface area contributed by atoms with Gasteiger partial charge in [-0.15, -0.1) is 0 Å². The van der Waals surface area contributed by atoms with E-state index in [2.05, 4.69) is 10.6 Å². The van der Waals surface area contributed by atoms with Crippen LogP contribution in [0.5, 0.6) is 23.0 Å². The van der Waals surface area contributed by atoms with Gasteiger partial charge in [0.05, 0.1) is 37.5 Å². The number of halogens is 1. The zero-order valence-corrected chi connectivity index (χ0v) is 24.9. The van der Waals surface area contributed by atoms with Crippen molar-refractivity contribution < 1.29 is 37.7 Å². The topological polar surface area (TPSA) is 139 Å². The summed E-state index contributed by atoms with van der Waals surface area (Å²) < 4.78 is 37.8. The van der Waals surface area contributed by atoms with E-state index in [4.69, 9.17) is 24.2 Å². The summed E-state index contributed by atoms with van der Waals surface area (Å²) in [5.41, 5.74) is 1.52. The van der Waals surface area contributed by atoms with Crippen molar-refractivity contribution in [2.45, 2.75) is 38.0 Å². The van der Waals surface area contributed by atoms with Crippen LogP contribution in [-0.2, 0) is 22.6 Å². The van der Waals surface area contributed by atoms with Crippen molar-refractivity contribution in [3.05, 3.63) is 82.7 Å². The molecule has 1 saturated heterocycles. The summed E-state index contributed by atoms with van der Waals surface area (Å²) >= 11 is 0. The average Bonchev–Trinajstić information content (AvgIpc) is 3.05. The Hall–Kier alpha value is -5.31. The number of amides is 3. The third-order valence-electron chi connectivity index (χ3n) is 7.76. The van der Waals surface area contributed by atoms with Crippen LogP contribution in [0.3, 0.4) is 0 Å². The van der Waals surface area contributed by atoms with Crippen LogP contribution in [-0.4, -0.2) is 68.7 Å². The number of nitrogens with zero attached hydrogens (tertiary/aromatic N) is 2. The fourth-order valence-corrected chi connectivity index (χ4v) is 5.36. The van der Waals surface area contributed by atoms with Crippen molar-refractivity contribution >= 4 is 17.7 Å². The van der Waals surface area contributed by atoms with E-state index in [0.717, 1.165) is 17.2 Å². The highest BCUT2D eigenvalue weighted by Gasteiger charge is 2.35. The molecule has 0 spiro atoms. The molecule has 2 N–H and O–H groups in total. The molecule has 2 atom stereocenters. The Bertz CT molecular complexity index is 1640. The summed E-state index contributed by atoms with van der Waals surface area (Å²) in [5.74, 6) is -0.211. The Labute approximate surface area is 259 Å². The number of likely N-dealkylation sites (tertiary alicyclic amines) is 1. The maximum Gasteiger partial charge on any atom is 0.258 e. The summed E-state index contributed by atoms with van der Waals surface area (Å²) in [7, 11) is 3.01. The van der Waals surface area contributed by atoms with E-state index in [1.165, 1.54) is 31.3 Å². The number of aryl methyl sites for hydroxylation is 1. The van der Waals surface area contributed by atoms with Gasteiger partial charge in [0, 0.05) is 44.1 Å². The van der Waals surface area contributed by atoms with E-state index < -0.39 is 29.8 Å². The van der Waals surface area contributed by atoms with Gasteiger partial charge in [0.2, 0.25) is 5.91 Å². The first-order valence-electron chi connectivity index (χ1n) is 14.5. The first-order chi connectivity index (χ1) is 21.8. The minimum atomic E-state index is -0.796. The summed E-state index contributed by atoms with van der Waals surface area (Å²) in [6.45, 7) is 0.167. The van der Waals surface area contributed by atoms with Gasteiger partial charge in [0.15, 0.2) is 18.1 Å². The molecule has 0 saturated carbocycles. The molecule has 3 amide bonds. The first kappa shape index (κ1) is 31.1. The summed E-state index contributed by atoms with van der Waals surface area (Å²) in [6.07, 6.45) is 0.445. The second kappa shape index (κ2) is 14.0. The van der Waals surface area contributed by atoms with Gasteiger partial charge in [-0.2, -0.15) is 5.26 Å². The maximum absolute atomic E-state index is 14.7. The van der Waals surface area contributed by atoms with Crippen molar-refractivity contribution in [1.82, 2.24) is 15.5 Å². The van der Waals surface area contributed by atoms with Gasteiger partial charge in [0.25, 0.3) is 11.8 Å². The molecule has 0 aliphatic carbocycles. The summed E-state index contributed by atoms with van der Waals surface area (Å²) in [5, 5.41) is 14.9. The number of nitrogens with one attached hydrogen (secondary N) is 2. The Kier molecular flexibility index (Phi) is 9.67. The van der Waals surface area contributed by atoms with Crippen LogP contribution in [0.2, 0.25) is 0 Å². The van der Waals surface area contributed by atoms with E-state index >= 15 is 0 Å². The molecule has 3 aromatic rings. The van der Waals surface area contributed by atoms with Gasteiger partial charge in [-0.1, -0.05) is 6.07 Å². The van der Waals surface area contributed by atoms with Crippen molar-refractivity contribution in [2.75, 3.05) is 33.9 Å². The molecular formula is C33H33FN4O7. The Morgan fingerprint density at radius 2 is 1.84 bits per heavy atom. The van der Waals surface area contributed by atoms with Crippen LogP contribution < -0.4 is 29.6 Å². The van der Waals surface area contributed by atoms with Gasteiger partial charge < -0.3 is 34.5 Å². The lowest BCUT2D eigenvalue weighted by Crippen LogP contribution is -2.58. The van der Waals surface area contributed by atoms with Crippen molar-refractivity contribution in [3.63, 3.8) is 0 Å². The number of hydrogen-bond acceptors (Lipinski definition) is 8. The molecule has 0 unspecified atom stereocenters. The molecular weight excluding hydrogens is 583 g/mol. The Morgan fingerprint density at radius 1 is 1.02 bits per heavy atom. The minimum absolute atomic E-state index is 0.0364. The van der Waals surface area contributed by atoms with E-state index in [-0.39, 0.29) is 49.7 Å². The highest BCUT2D eigenvalue weighted by molar-refractivity contribution is 5.94. The smallest absolute Gasteiger partial charge is 0.258 e. The quantitative estimate of drug-likeness (QED) is 0.458. The average molecular weight is 617 g/mol. The molecule has 6 rings (SSSR count). The predicted molar refractivity (Wildman–Crippen MR) is 160 cm³/mol. The summed E-state index contributed by atoms with van der Waals surface area (Å²) in [4.78, 5) is 40.6. The molecule has 3 aromatic carbocycles. The molecule has 234 valence electrons. The standard InChI is InChI=1S/C33H33FN4O7/c1-42-28-9-4-20-5-10-31(39)36-17-22-6-7-23(15-29(22)43-2)45-27-11-12-38(18-26(27)37-32(40)19-44-30(28)14-20)33(41)24-8-3-21(16-35)13-25(24)34/h3-4,6-9,13-15,26-27H,5,10-12,17-19H2,1-2H3,(H,36,39)(H,37,40)/t26-,27+/m1/s1. The van der Waals surface area contributed by atoms with Crippen LogP contribution in [0, 0.1) is 17.1 Å². The van der Waals surface area contributed by atoms with E-state index in [9.17, 15) is 18.8 Å². The molecule has 45 heavy (non-hydrogen) atoms. The largest absolute Gasteiger partial charge is 0.496 e. The Balaban J connectivity index is 1.42. The van der Waals surface area contributed by atoms with Gasteiger partial charge in [-0.25, -0.2) is 4.39 Å². The fourth-order valence-electron chi connectivity index (χ4n) is 5.36. The van der Waals surface area contributed by atoms with Crippen LogP contribution >= 0.6 is 0 Å². The number of piperidine rings is 1. The second-order valence-electron chi connectivity index (χ2n) is 10.7. The summed E-state index contributed by atoms with van der Waals surface area (Å²) in [6, 6.07) is 15.4. The number of methoxy groups -OCH3 is 2. The second-order valence-corrected chi connectivity index (χ2v) is 10.7. The Morgan fingerprint density at radius 3 is 2.60 bits per heavy atom. The van der Waals surface area contributed by atoms with Gasteiger partial charge in [-0.05, 0) is 54.4 Å². The highest BCUT2D eigenvalue weighted by Crippen LogP contribution is 2.30. The minimum Gasteiger partial charge on any atom is -0.496 e. The maximum atomic E-state index is 14.7. The molecule has 3 heterocycles. The lowest BCUT2D eigenvalue weighted by Gasteiger charge is -2.39. The fraction of sp³-hybridized carbons (Fsp3) is 0.333. The highest BCUT2D eigenvalue weighted by atomic mass is 19.1. The third-order valence-corrected chi connectivity index (χ3v) is 7.76. The van der Waals surface area contributed by atoms with Gasteiger partial charge >= 0.3 is 0 Å². The van der Waals surface area contributed by atoms with Crippen molar-refractivity contribution in [1.29, 1.82) is 5.26 Å². The number of fused-ring (bicyclic) bond motifs is 9. The lowest BCUT2D eigenvalue weighted by atomic mass is 10.00. The van der Waals surface area contributed by atoms with E-state index in [0.29, 0.717) is 35.8 Å². The molecule has 0 radical (unpaired) electrons. The number of carbonyl (C=O) groups excluding carboxylic acids is 3. The number of carbonyl (C=O) groups is 3. The molecule has 1 fully saturated rings. The van der Waals surface area contributed by atoms with Crippen LogP contribution in [0.1, 0.15) is 39.9 Å². The lowest BCUT2D eigenvalue weighted by molar-refractivity contribution is -0.125. The number of benzene rings is 3. The van der Waals surface area contributed by atoms with Gasteiger partial charge in [-0.3, -0.25) is 14.4 Å². The van der Waals surface area contributed by atoms with Crippen molar-refractivity contribution in [3.8, 4) is 29.1 Å². The SMILES string of the molecule is COc1cc2ccc1CNC(=O)CCc1ccc(OC)c(c1)OCC(=O)N[C@@H]1CN(C(=O)c3ccc(C#N)cc3F)CC[C@@H]1O2. The number of hydrogen-bond donors (Lipinski definition) is 2. The zero-order valence-electron chi connectivity index (χ0n) is 24.9. The monoisotopic (exact) mass is 616 g/mol. The molecule has 3 aliphatic heterocycles. The molecule has 0 aromatic heterocycles. The van der Waals surface area contributed by atoms with Gasteiger partial charge in [0.1, 0.15) is 23.4 Å². The zero-order chi connectivity index (χ0) is 31.9. The molecule has 11 nitrogen and oxygen atoms in total. The number of nitriles is 1. The van der Waals surface area contributed by atoms with E-state index in [1.54, 1.807) is 30.3 Å².